The van der Waals surface area contributed by atoms with E-state index in [-0.39, 0.29) is 12.5 Å². The summed E-state index contributed by atoms with van der Waals surface area (Å²) in [6.07, 6.45) is 3.15. The topological polar surface area (TPSA) is 70.4 Å². The van der Waals surface area contributed by atoms with Gasteiger partial charge in [0.15, 0.2) is 6.61 Å². The molecule has 0 saturated carbocycles. The number of thiophene rings is 1. The first kappa shape index (κ1) is 17.5. The third kappa shape index (κ3) is 3.91. The van der Waals surface area contributed by atoms with Gasteiger partial charge in [-0.1, -0.05) is 6.92 Å². The number of hydrogen-bond acceptors (Lipinski definition) is 5. The van der Waals surface area contributed by atoms with Crippen LogP contribution in [0.5, 0.6) is 0 Å². The smallest absolute Gasteiger partial charge is 0.348 e. The number of carbonyl (C=O) groups excluding carboxylic acids is 2. The highest BCUT2D eigenvalue weighted by Crippen LogP contribution is 2.32. The minimum absolute atomic E-state index is 0.348. The minimum atomic E-state index is -0.929. The Bertz CT molecular complexity index is 657. The maximum atomic E-state index is 12.1. The number of ether oxygens (including phenoxy) is 1. The van der Waals surface area contributed by atoms with E-state index in [1.807, 2.05) is 12.1 Å². The molecule has 0 aliphatic heterocycles. The highest BCUT2D eigenvalue weighted by molar-refractivity contribution is 7.14. The van der Waals surface area contributed by atoms with E-state index in [0.29, 0.717) is 10.8 Å². The highest BCUT2D eigenvalue weighted by Gasteiger charge is 2.28. The SMILES string of the molecule is C[C@H]1CCc2sc(C(=O)OCC(=O)N(C)C(C)(C)C#N)cc2C1. The molecule has 0 radical (unpaired) electrons. The number of esters is 1. The minimum Gasteiger partial charge on any atom is -0.451 e. The van der Waals surface area contributed by atoms with Gasteiger partial charge in [-0.05, 0) is 50.7 Å². The Labute approximate surface area is 140 Å². The van der Waals surface area contributed by atoms with E-state index in [2.05, 4.69) is 6.92 Å². The number of nitriles is 1. The second kappa shape index (κ2) is 6.71. The zero-order valence-corrected chi connectivity index (χ0v) is 14.8. The number of hydrogen-bond donors (Lipinski definition) is 0. The van der Waals surface area contributed by atoms with Gasteiger partial charge in [0.25, 0.3) is 5.91 Å². The first-order valence-electron chi connectivity index (χ1n) is 7.71. The Morgan fingerprint density at radius 1 is 1.52 bits per heavy atom. The van der Waals surface area contributed by atoms with Crippen LogP contribution < -0.4 is 0 Å². The number of fused-ring (bicyclic) bond motifs is 1. The zero-order valence-electron chi connectivity index (χ0n) is 14.0. The number of rotatable bonds is 4. The molecular formula is C17H22N2O3S. The van der Waals surface area contributed by atoms with E-state index in [4.69, 9.17) is 10.00 Å². The van der Waals surface area contributed by atoms with Crippen molar-refractivity contribution in [3.63, 3.8) is 0 Å². The van der Waals surface area contributed by atoms with E-state index in [1.54, 1.807) is 13.8 Å². The molecule has 1 atom stereocenters. The molecule has 1 aromatic rings. The lowest BCUT2D eigenvalue weighted by atomic mass is 9.90. The molecule has 0 spiro atoms. The Morgan fingerprint density at radius 2 is 2.22 bits per heavy atom. The lowest BCUT2D eigenvalue weighted by Gasteiger charge is -2.28. The third-order valence-electron chi connectivity index (χ3n) is 4.34. The Hall–Kier alpha value is -1.87. The second-order valence-electron chi connectivity index (χ2n) is 6.61. The molecule has 6 heteroatoms. The quantitative estimate of drug-likeness (QED) is 0.794. The highest BCUT2D eigenvalue weighted by atomic mass is 32.1. The molecule has 1 aliphatic carbocycles. The van der Waals surface area contributed by atoms with E-state index in [1.165, 1.54) is 33.7 Å². The van der Waals surface area contributed by atoms with E-state index < -0.39 is 11.5 Å². The first-order chi connectivity index (χ1) is 10.7. The number of aryl methyl sites for hydroxylation is 1. The molecule has 0 N–H and O–H groups in total. The fourth-order valence-electron chi connectivity index (χ4n) is 2.49. The standard InChI is InChI=1S/C17H22N2O3S/c1-11-5-6-13-12(7-11)8-14(23-13)16(21)22-9-15(20)19(4)17(2,3)10-18/h8,11H,5-7,9H2,1-4H3/t11-/m0/s1. The van der Waals surface area contributed by atoms with E-state index >= 15 is 0 Å². The van der Waals surface area contributed by atoms with Crippen molar-refractivity contribution in [1.82, 2.24) is 4.90 Å². The molecule has 1 aromatic heterocycles. The third-order valence-corrected chi connectivity index (χ3v) is 5.56. The summed E-state index contributed by atoms with van der Waals surface area (Å²) in [4.78, 5) is 27.3. The molecule has 1 aliphatic rings. The summed E-state index contributed by atoms with van der Waals surface area (Å²) in [6, 6.07) is 3.94. The predicted molar refractivity (Wildman–Crippen MR) is 88.3 cm³/mol. The lowest BCUT2D eigenvalue weighted by molar-refractivity contribution is -0.136. The van der Waals surface area contributed by atoms with Gasteiger partial charge in [-0.25, -0.2) is 4.79 Å². The summed E-state index contributed by atoms with van der Waals surface area (Å²) in [5.41, 5.74) is 0.302. The van der Waals surface area contributed by atoms with Gasteiger partial charge in [-0.3, -0.25) is 4.79 Å². The number of nitrogens with zero attached hydrogens (tertiary/aromatic N) is 2. The van der Waals surface area contributed by atoms with Gasteiger partial charge in [0.2, 0.25) is 0 Å². The van der Waals surface area contributed by atoms with Gasteiger partial charge in [-0.2, -0.15) is 5.26 Å². The lowest BCUT2D eigenvalue weighted by Crippen LogP contribution is -2.45. The average molecular weight is 334 g/mol. The van der Waals surface area contributed by atoms with Crippen LogP contribution in [0, 0.1) is 17.2 Å². The first-order valence-corrected chi connectivity index (χ1v) is 8.53. The zero-order chi connectivity index (χ0) is 17.2. The van der Waals surface area contributed by atoms with E-state index in [9.17, 15) is 9.59 Å². The monoisotopic (exact) mass is 334 g/mol. The Kier molecular flexibility index (Phi) is 5.10. The van der Waals surface area contributed by atoms with Crippen molar-refractivity contribution in [3.8, 4) is 6.07 Å². The van der Waals surface area contributed by atoms with E-state index in [0.717, 1.165) is 19.3 Å². The Morgan fingerprint density at radius 3 is 2.87 bits per heavy atom. The van der Waals surface area contributed by atoms with Crippen molar-refractivity contribution >= 4 is 23.2 Å². The van der Waals surface area contributed by atoms with Gasteiger partial charge in [-0.15, -0.1) is 11.3 Å². The van der Waals surface area contributed by atoms with Crippen molar-refractivity contribution in [1.29, 1.82) is 5.26 Å². The van der Waals surface area contributed by atoms with Gasteiger partial charge in [0, 0.05) is 11.9 Å². The second-order valence-corrected chi connectivity index (χ2v) is 7.74. The summed E-state index contributed by atoms with van der Waals surface area (Å²) >= 11 is 1.46. The number of amides is 1. The average Bonchev–Trinajstić information content (AvgIpc) is 2.94. The molecule has 2 rings (SSSR count). The fourth-order valence-corrected chi connectivity index (χ4v) is 3.59. The van der Waals surface area contributed by atoms with Crippen molar-refractivity contribution in [2.24, 2.45) is 5.92 Å². The number of carbonyl (C=O) groups is 2. The molecule has 0 aromatic carbocycles. The summed E-state index contributed by atoms with van der Waals surface area (Å²) < 4.78 is 5.13. The summed E-state index contributed by atoms with van der Waals surface area (Å²) in [5.74, 6) is -0.210. The van der Waals surface area contributed by atoms with Gasteiger partial charge in [0.05, 0.1) is 6.07 Å². The fraction of sp³-hybridized carbons (Fsp3) is 0.588. The van der Waals surface area contributed by atoms with Crippen molar-refractivity contribution in [3.05, 3.63) is 21.4 Å². The predicted octanol–water partition coefficient (Wildman–Crippen LogP) is 2.79. The van der Waals surface area contributed by atoms with Crippen LogP contribution >= 0.6 is 11.3 Å². The van der Waals surface area contributed by atoms with Crippen molar-refractivity contribution in [2.75, 3.05) is 13.7 Å². The Balaban J connectivity index is 1.96. The van der Waals surface area contributed by atoms with Crippen LogP contribution in [0.1, 0.15) is 47.3 Å². The molecule has 1 heterocycles. The van der Waals surface area contributed by atoms with Crippen LogP contribution in [-0.2, 0) is 22.4 Å². The van der Waals surface area contributed by atoms with Crippen molar-refractivity contribution < 1.29 is 14.3 Å². The molecule has 124 valence electrons. The molecule has 1 amide bonds. The molecular weight excluding hydrogens is 312 g/mol. The largest absolute Gasteiger partial charge is 0.451 e. The maximum absolute atomic E-state index is 12.1. The number of likely N-dealkylation sites (N-methyl/N-ethyl adjacent to an activating group) is 1. The van der Waals surface area contributed by atoms with Crippen LogP contribution in [-0.4, -0.2) is 36.0 Å². The van der Waals surface area contributed by atoms with Crippen LogP contribution in [0.15, 0.2) is 6.07 Å². The van der Waals surface area contributed by atoms with Crippen LogP contribution in [0.25, 0.3) is 0 Å². The van der Waals surface area contributed by atoms with Gasteiger partial charge in [0.1, 0.15) is 10.4 Å². The molecule has 0 saturated heterocycles. The normalized spacial score (nSPS) is 17.1. The molecule has 0 bridgehead atoms. The molecule has 0 unspecified atom stereocenters. The molecule has 5 nitrogen and oxygen atoms in total. The van der Waals surface area contributed by atoms with Crippen LogP contribution in [0.3, 0.4) is 0 Å². The summed E-state index contributed by atoms with van der Waals surface area (Å²) in [7, 11) is 1.53. The van der Waals surface area contributed by atoms with Crippen LogP contribution in [0.4, 0.5) is 0 Å². The summed E-state index contributed by atoms with van der Waals surface area (Å²) in [5, 5.41) is 9.03. The van der Waals surface area contributed by atoms with Crippen LogP contribution in [0.2, 0.25) is 0 Å². The molecule has 0 fully saturated rings. The maximum Gasteiger partial charge on any atom is 0.348 e. The molecule has 23 heavy (non-hydrogen) atoms. The van der Waals surface area contributed by atoms with Gasteiger partial charge >= 0.3 is 5.97 Å². The van der Waals surface area contributed by atoms with Crippen molar-refractivity contribution in [2.45, 2.75) is 45.6 Å². The summed E-state index contributed by atoms with van der Waals surface area (Å²) in [6.45, 7) is 5.14. The van der Waals surface area contributed by atoms with Gasteiger partial charge < -0.3 is 9.64 Å².